The third kappa shape index (κ3) is 2.80. The van der Waals surface area contributed by atoms with Gasteiger partial charge in [-0.25, -0.2) is 9.97 Å². The minimum Gasteiger partial charge on any atom is -0.354 e. The Balaban J connectivity index is 2.23. The molecule has 0 amide bonds. The minimum absolute atomic E-state index is 0.281. The molecule has 1 fully saturated rings. The van der Waals surface area contributed by atoms with E-state index in [0.717, 1.165) is 30.5 Å². The third-order valence-corrected chi connectivity index (χ3v) is 4.03. The molecule has 0 aromatic carbocycles. The number of hydrogen-bond acceptors (Lipinski definition) is 4. The molecule has 5 heteroatoms. The fourth-order valence-corrected chi connectivity index (χ4v) is 3.22. The van der Waals surface area contributed by atoms with E-state index in [0.29, 0.717) is 5.15 Å². The zero-order chi connectivity index (χ0) is 11.8. The average Bonchev–Trinajstić information content (AvgIpc) is 2.14. The number of rotatable bonds is 1. The Morgan fingerprint density at radius 3 is 2.81 bits per heavy atom. The van der Waals surface area contributed by atoms with Crippen molar-refractivity contribution in [3.05, 3.63) is 17.0 Å². The lowest BCUT2D eigenvalue weighted by atomic mass is 10.2. The minimum atomic E-state index is 0.281. The Morgan fingerprint density at radius 2 is 2.19 bits per heavy atom. The zero-order valence-electron chi connectivity index (χ0n) is 9.83. The van der Waals surface area contributed by atoms with Gasteiger partial charge in [0.15, 0.2) is 0 Å². The highest BCUT2D eigenvalue weighted by atomic mass is 35.5. The molecule has 0 radical (unpaired) electrons. The fourth-order valence-electron chi connectivity index (χ4n) is 1.89. The molecule has 2 rings (SSSR count). The van der Waals surface area contributed by atoms with Gasteiger partial charge in [0.25, 0.3) is 0 Å². The highest BCUT2D eigenvalue weighted by molar-refractivity contribution is 8.00. The van der Waals surface area contributed by atoms with Gasteiger partial charge in [-0.15, -0.1) is 0 Å². The van der Waals surface area contributed by atoms with Crippen molar-refractivity contribution in [1.82, 2.24) is 9.97 Å². The average molecular weight is 258 g/mol. The second-order valence-electron chi connectivity index (χ2n) is 4.63. The standard InChI is InChI=1S/C11H16ClN3S/c1-8-13-9(12)6-10(14-8)15-4-5-16-11(2,3)7-15/h6H,4-5,7H2,1-3H3. The number of anilines is 1. The van der Waals surface area contributed by atoms with E-state index < -0.39 is 0 Å². The summed E-state index contributed by atoms with van der Waals surface area (Å²) in [5, 5.41) is 0.526. The van der Waals surface area contributed by atoms with Crippen molar-refractivity contribution in [2.75, 3.05) is 23.7 Å². The lowest BCUT2D eigenvalue weighted by molar-refractivity contribution is 0.641. The van der Waals surface area contributed by atoms with Crippen LogP contribution in [0.4, 0.5) is 5.82 Å². The van der Waals surface area contributed by atoms with Crippen molar-refractivity contribution in [2.45, 2.75) is 25.5 Å². The van der Waals surface area contributed by atoms with Gasteiger partial charge in [-0.1, -0.05) is 11.6 Å². The molecule has 0 saturated carbocycles. The summed E-state index contributed by atoms with van der Waals surface area (Å²) in [6.45, 7) is 8.43. The van der Waals surface area contributed by atoms with Crippen LogP contribution in [0.2, 0.25) is 5.15 Å². The first-order valence-corrected chi connectivity index (χ1v) is 6.73. The molecule has 1 aromatic heterocycles. The van der Waals surface area contributed by atoms with Crippen LogP contribution < -0.4 is 4.90 Å². The third-order valence-electron chi connectivity index (χ3n) is 2.54. The van der Waals surface area contributed by atoms with Gasteiger partial charge in [0.1, 0.15) is 16.8 Å². The number of aromatic nitrogens is 2. The van der Waals surface area contributed by atoms with Crippen LogP contribution in [-0.2, 0) is 0 Å². The Kier molecular flexibility index (Phi) is 3.31. The molecule has 1 aliphatic rings. The molecule has 0 N–H and O–H groups in total. The van der Waals surface area contributed by atoms with Crippen molar-refractivity contribution in [3.8, 4) is 0 Å². The molecule has 1 aromatic rings. The maximum Gasteiger partial charge on any atom is 0.134 e. The Labute approximate surface area is 106 Å². The van der Waals surface area contributed by atoms with E-state index in [-0.39, 0.29) is 4.75 Å². The first kappa shape index (κ1) is 12.0. The first-order chi connectivity index (χ1) is 7.46. The molecule has 88 valence electrons. The summed E-state index contributed by atoms with van der Waals surface area (Å²) < 4.78 is 0.281. The molecule has 0 unspecified atom stereocenters. The Bertz CT molecular complexity index is 375. The monoisotopic (exact) mass is 257 g/mol. The molecule has 16 heavy (non-hydrogen) atoms. The van der Waals surface area contributed by atoms with E-state index in [1.165, 1.54) is 0 Å². The highest BCUT2D eigenvalue weighted by Crippen LogP contribution is 2.31. The van der Waals surface area contributed by atoms with E-state index in [2.05, 4.69) is 28.7 Å². The summed E-state index contributed by atoms with van der Waals surface area (Å²) in [6.07, 6.45) is 0. The molecular weight excluding hydrogens is 242 g/mol. The summed E-state index contributed by atoms with van der Waals surface area (Å²) in [5.74, 6) is 2.82. The summed E-state index contributed by atoms with van der Waals surface area (Å²) in [4.78, 5) is 10.8. The van der Waals surface area contributed by atoms with Crippen LogP contribution in [-0.4, -0.2) is 33.6 Å². The van der Waals surface area contributed by atoms with Gasteiger partial charge >= 0.3 is 0 Å². The van der Waals surface area contributed by atoms with E-state index in [9.17, 15) is 0 Å². The van der Waals surface area contributed by atoms with Gasteiger partial charge in [-0.3, -0.25) is 0 Å². The van der Waals surface area contributed by atoms with Crippen LogP contribution >= 0.6 is 23.4 Å². The van der Waals surface area contributed by atoms with Gasteiger partial charge in [-0.05, 0) is 20.8 Å². The van der Waals surface area contributed by atoms with Crippen molar-refractivity contribution >= 4 is 29.2 Å². The second kappa shape index (κ2) is 4.41. The van der Waals surface area contributed by atoms with Crippen LogP contribution in [0.1, 0.15) is 19.7 Å². The van der Waals surface area contributed by atoms with Gasteiger partial charge < -0.3 is 4.90 Å². The van der Waals surface area contributed by atoms with Crippen LogP contribution in [0.15, 0.2) is 6.07 Å². The van der Waals surface area contributed by atoms with Crippen molar-refractivity contribution < 1.29 is 0 Å². The van der Waals surface area contributed by atoms with E-state index >= 15 is 0 Å². The summed E-state index contributed by atoms with van der Waals surface area (Å²) in [5.41, 5.74) is 0. The number of halogens is 1. The summed E-state index contributed by atoms with van der Waals surface area (Å²) in [6, 6.07) is 1.85. The molecule has 0 aliphatic carbocycles. The number of aryl methyl sites for hydroxylation is 1. The van der Waals surface area contributed by atoms with Crippen molar-refractivity contribution in [3.63, 3.8) is 0 Å². The lowest BCUT2D eigenvalue weighted by Crippen LogP contribution is -2.43. The van der Waals surface area contributed by atoms with Gasteiger partial charge in [0.2, 0.25) is 0 Å². The van der Waals surface area contributed by atoms with E-state index in [4.69, 9.17) is 11.6 Å². The van der Waals surface area contributed by atoms with Crippen LogP contribution in [0.3, 0.4) is 0 Å². The Morgan fingerprint density at radius 1 is 1.44 bits per heavy atom. The number of hydrogen-bond donors (Lipinski definition) is 0. The molecule has 2 heterocycles. The molecular formula is C11H16ClN3S. The van der Waals surface area contributed by atoms with E-state index in [1.807, 2.05) is 24.8 Å². The van der Waals surface area contributed by atoms with Crippen LogP contribution in [0.25, 0.3) is 0 Å². The predicted molar refractivity (Wildman–Crippen MR) is 70.5 cm³/mol. The van der Waals surface area contributed by atoms with Crippen molar-refractivity contribution in [2.24, 2.45) is 0 Å². The summed E-state index contributed by atoms with van der Waals surface area (Å²) in [7, 11) is 0. The normalized spacial score (nSPS) is 19.9. The zero-order valence-corrected chi connectivity index (χ0v) is 11.4. The predicted octanol–water partition coefficient (Wildman–Crippen LogP) is 2.77. The quantitative estimate of drug-likeness (QED) is 0.724. The molecule has 0 spiro atoms. The van der Waals surface area contributed by atoms with Gasteiger partial charge in [-0.2, -0.15) is 11.8 Å². The number of nitrogens with zero attached hydrogens (tertiary/aromatic N) is 3. The SMILES string of the molecule is Cc1nc(Cl)cc(N2CCSC(C)(C)C2)n1. The molecule has 3 nitrogen and oxygen atoms in total. The van der Waals surface area contributed by atoms with Crippen LogP contribution in [0.5, 0.6) is 0 Å². The van der Waals surface area contributed by atoms with Gasteiger partial charge in [0.05, 0.1) is 0 Å². The highest BCUT2D eigenvalue weighted by Gasteiger charge is 2.27. The first-order valence-electron chi connectivity index (χ1n) is 5.36. The number of thioether (sulfide) groups is 1. The van der Waals surface area contributed by atoms with Crippen LogP contribution in [0, 0.1) is 6.92 Å². The Hall–Kier alpha value is -0.480. The lowest BCUT2D eigenvalue weighted by Gasteiger charge is -2.38. The largest absolute Gasteiger partial charge is 0.354 e. The molecule has 0 bridgehead atoms. The smallest absolute Gasteiger partial charge is 0.134 e. The maximum absolute atomic E-state index is 5.96. The van der Waals surface area contributed by atoms with E-state index in [1.54, 1.807) is 0 Å². The molecule has 1 aliphatic heterocycles. The maximum atomic E-state index is 5.96. The molecule has 0 atom stereocenters. The second-order valence-corrected chi connectivity index (χ2v) is 6.82. The fraction of sp³-hybridized carbons (Fsp3) is 0.636. The topological polar surface area (TPSA) is 29.0 Å². The summed E-state index contributed by atoms with van der Waals surface area (Å²) >= 11 is 7.97. The van der Waals surface area contributed by atoms with Crippen molar-refractivity contribution in [1.29, 1.82) is 0 Å². The van der Waals surface area contributed by atoms with Gasteiger partial charge in [0, 0.05) is 29.7 Å². The molecule has 1 saturated heterocycles.